The molecule has 2 aromatic carbocycles. The van der Waals surface area contributed by atoms with Crippen LogP contribution in [0.5, 0.6) is 0 Å². The lowest BCUT2D eigenvalue weighted by molar-refractivity contribution is -0.144. The van der Waals surface area contributed by atoms with E-state index in [0.29, 0.717) is 0 Å². The van der Waals surface area contributed by atoms with E-state index in [1.54, 1.807) is 25.1 Å². The monoisotopic (exact) mass is 320 g/mol. The number of Topliss-reactive ketones (excluding diaryl/α,β-unsaturated/α-hetero) is 1. The van der Waals surface area contributed by atoms with Crippen LogP contribution in [-0.4, -0.2) is 32.0 Å². The summed E-state index contributed by atoms with van der Waals surface area (Å²) in [6.45, 7) is 2.63. The highest BCUT2D eigenvalue weighted by Gasteiger charge is 2.39. The summed E-state index contributed by atoms with van der Waals surface area (Å²) in [4.78, 5) is 23.4. The number of ether oxygens (including phenoxy) is 1. The average molecular weight is 320 g/mol. The van der Waals surface area contributed by atoms with Gasteiger partial charge in [-0.25, -0.2) is 8.42 Å². The van der Waals surface area contributed by atoms with Crippen LogP contribution in [-0.2, 0) is 24.2 Å². The van der Waals surface area contributed by atoms with E-state index < -0.39 is 26.8 Å². The molecule has 0 N–H and O–H groups in total. The summed E-state index contributed by atoms with van der Waals surface area (Å²) in [5.41, 5.74) is 0. The largest absolute Gasteiger partial charge is 0.465 e. The van der Waals surface area contributed by atoms with E-state index in [1.165, 1.54) is 12.1 Å². The van der Waals surface area contributed by atoms with Gasteiger partial charge in [0, 0.05) is 0 Å². The fourth-order valence-corrected chi connectivity index (χ4v) is 3.79. The number of ketones is 1. The summed E-state index contributed by atoms with van der Waals surface area (Å²) in [6, 6.07) is 11.7. The Balaban J connectivity index is 2.54. The van der Waals surface area contributed by atoms with Crippen molar-refractivity contribution in [2.24, 2.45) is 0 Å². The maximum Gasteiger partial charge on any atom is 0.332 e. The van der Waals surface area contributed by atoms with E-state index in [4.69, 9.17) is 4.74 Å². The summed E-state index contributed by atoms with van der Waals surface area (Å²) in [6.07, 6.45) is 0. The predicted molar refractivity (Wildman–Crippen MR) is 82.2 cm³/mol. The molecule has 0 saturated heterocycles. The van der Waals surface area contributed by atoms with Crippen LogP contribution < -0.4 is 0 Å². The van der Waals surface area contributed by atoms with Gasteiger partial charge in [-0.3, -0.25) is 9.59 Å². The van der Waals surface area contributed by atoms with Crippen molar-refractivity contribution in [3.8, 4) is 0 Å². The molecule has 5 nitrogen and oxygen atoms in total. The molecule has 0 aliphatic heterocycles. The van der Waals surface area contributed by atoms with Crippen molar-refractivity contribution >= 4 is 32.4 Å². The Morgan fingerprint density at radius 2 is 1.73 bits per heavy atom. The summed E-state index contributed by atoms with van der Waals surface area (Å²) in [5.74, 6) is -1.80. The van der Waals surface area contributed by atoms with Crippen molar-refractivity contribution in [2.45, 2.75) is 24.0 Å². The molecule has 1 unspecified atom stereocenters. The van der Waals surface area contributed by atoms with Gasteiger partial charge in [0.1, 0.15) is 0 Å². The van der Waals surface area contributed by atoms with Gasteiger partial charge in [-0.15, -0.1) is 0 Å². The van der Waals surface area contributed by atoms with Crippen molar-refractivity contribution < 1.29 is 22.7 Å². The molecular formula is C16H16O5S. The number of hydrogen-bond acceptors (Lipinski definition) is 5. The number of carbonyl (C=O) groups excluding carboxylic acids is 2. The highest BCUT2D eigenvalue weighted by atomic mass is 32.2. The predicted octanol–water partition coefficient (Wildman–Crippen LogP) is 2.13. The topological polar surface area (TPSA) is 77.5 Å². The third-order valence-electron chi connectivity index (χ3n) is 3.23. The molecule has 0 bridgehead atoms. The van der Waals surface area contributed by atoms with Crippen LogP contribution in [0.2, 0.25) is 0 Å². The Morgan fingerprint density at radius 1 is 1.09 bits per heavy atom. The van der Waals surface area contributed by atoms with Gasteiger partial charge in [0.15, 0.2) is 15.6 Å². The Morgan fingerprint density at radius 3 is 2.32 bits per heavy atom. The summed E-state index contributed by atoms with van der Waals surface area (Å²) >= 11 is 0. The Hall–Kier alpha value is -2.21. The van der Waals surface area contributed by atoms with Gasteiger partial charge in [0.25, 0.3) is 0 Å². The van der Waals surface area contributed by atoms with E-state index in [-0.39, 0.29) is 11.5 Å². The molecule has 2 rings (SSSR count). The van der Waals surface area contributed by atoms with Crippen LogP contribution in [0, 0.1) is 0 Å². The quantitative estimate of drug-likeness (QED) is 0.623. The second-order valence-corrected chi connectivity index (χ2v) is 6.83. The Bertz CT molecular complexity index is 823. The summed E-state index contributed by atoms with van der Waals surface area (Å²) in [5, 5.41) is -0.236. The SMILES string of the molecule is CCOC(=O)C(C(C)=O)S(=O)(=O)c1ccc2ccccc2c1. The Kier molecular flexibility index (Phi) is 4.61. The summed E-state index contributed by atoms with van der Waals surface area (Å²) < 4.78 is 29.9. The zero-order chi connectivity index (χ0) is 16.3. The molecule has 6 heteroatoms. The molecular weight excluding hydrogens is 304 g/mol. The molecule has 0 aliphatic rings. The minimum atomic E-state index is -4.14. The first-order valence-electron chi connectivity index (χ1n) is 6.77. The molecule has 0 heterocycles. The first-order chi connectivity index (χ1) is 10.4. The molecule has 0 radical (unpaired) electrons. The van der Waals surface area contributed by atoms with Crippen molar-refractivity contribution in [3.05, 3.63) is 42.5 Å². The molecule has 2 aromatic rings. The lowest BCUT2D eigenvalue weighted by Gasteiger charge is -2.14. The first-order valence-corrected chi connectivity index (χ1v) is 8.32. The zero-order valence-corrected chi connectivity index (χ0v) is 13.1. The number of rotatable bonds is 5. The third kappa shape index (κ3) is 3.01. The van der Waals surface area contributed by atoms with E-state index in [2.05, 4.69) is 0 Å². The van der Waals surface area contributed by atoms with Crippen LogP contribution >= 0.6 is 0 Å². The van der Waals surface area contributed by atoms with E-state index >= 15 is 0 Å². The van der Waals surface area contributed by atoms with Crippen LogP contribution in [0.1, 0.15) is 13.8 Å². The number of hydrogen-bond donors (Lipinski definition) is 0. The minimum Gasteiger partial charge on any atom is -0.465 e. The Labute approximate surface area is 128 Å². The van der Waals surface area contributed by atoms with Crippen molar-refractivity contribution in [2.75, 3.05) is 6.61 Å². The summed E-state index contributed by atoms with van der Waals surface area (Å²) in [7, 11) is -4.14. The lowest BCUT2D eigenvalue weighted by atomic mass is 10.1. The van der Waals surface area contributed by atoms with Crippen molar-refractivity contribution in [3.63, 3.8) is 0 Å². The molecule has 1 atom stereocenters. The van der Waals surface area contributed by atoms with Gasteiger partial charge >= 0.3 is 5.97 Å². The van der Waals surface area contributed by atoms with Gasteiger partial charge in [0.2, 0.25) is 5.25 Å². The molecule has 0 aliphatic carbocycles. The van der Waals surface area contributed by atoms with Crippen LogP contribution in [0.25, 0.3) is 10.8 Å². The van der Waals surface area contributed by atoms with E-state index in [9.17, 15) is 18.0 Å². The highest BCUT2D eigenvalue weighted by molar-refractivity contribution is 7.93. The fourth-order valence-electron chi connectivity index (χ4n) is 2.21. The van der Waals surface area contributed by atoms with E-state index in [1.807, 2.05) is 12.1 Å². The van der Waals surface area contributed by atoms with Gasteiger partial charge < -0.3 is 4.74 Å². The van der Waals surface area contributed by atoms with Gasteiger partial charge in [-0.2, -0.15) is 0 Å². The normalized spacial score (nSPS) is 12.8. The average Bonchev–Trinajstić information content (AvgIpc) is 2.46. The zero-order valence-electron chi connectivity index (χ0n) is 12.3. The first kappa shape index (κ1) is 16.2. The van der Waals surface area contributed by atoms with Crippen LogP contribution in [0.15, 0.2) is 47.4 Å². The minimum absolute atomic E-state index is 0.00978. The van der Waals surface area contributed by atoms with Gasteiger partial charge in [0.05, 0.1) is 11.5 Å². The molecule has 0 fully saturated rings. The molecule has 0 spiro atoms. The molecule has 0 aromatic heterocycles. The van der Waals surface area contributed by atoms with Crippen molar-refractivity contribution in [1.82, 2.24) is 0 Å². The lowest BCUT2D eigenvalue weighted by Crippen LogP contribution is -2.38. The van der Waals surface area contributed by atoms with E-state index in [0.717, 1.165) is 17.7 Å². The van der Waals surface area contributed by atoms with Gasteiger partial charge in [-0.1, -0.05) is 30.3 Å². The van der Waals surface area contributed by atoms with Gasteiger partial charge in [-0.05, 0) is 36.8 Å². The number of esters is 1. The third-order valence-corrected chi connectivity index (χ3v) is 5.29. The maximum absolute atomic E-state index is 12.6. The van der Waals surface area contributed by atoms with Crippen molar-refractivity contribution in [1.29, 1.82) is 0 Å². The standard InChI is InChI=1S/C16H16O5S/c1-3-21-16(18)15(11(2)17)22(19,20)14-9-8-12-6-4-5-7-13(12)10-14/h4-10,15H,3H2,1-2H3. The smallest absolute Gasteiger partial charge is 0.332 e. The number of fused-ring (bicyclic) bond motifs is 1. The number of carbonyl (C=O) groups is 2. The van der Waals surface area contributed by atoms with Crippen LogP contribution in [0.4, 0.5) is 0 Å². The molecule has 0 amide bonds. The maximum atomic E-state index is 12.6. The highest BCUT2D eigenvalue weighted by Crippen LogP contribution is 2.23. The molecule has 22 heavy (non-hydrogen) atoms. The number of sulfone groups is 1. The second kappa shape index (κ2) is 6.27. The molecule has 116 valence electrons. The molecule has 0 saturated carbocycles. The van der Waals surface area contributed by atoms with Crippen LogP contribution in [0.3, 0.4) is 0 Å². The number of benzene rings is 2. The fraction of sp³-hybridized carbons (Fsp3) is 0.250. The second-order valence-electron chi connectivity index (χ2n) is 4.80.